The van der Waals surface area contributed by atoms with Crippen LogP contribution in [0.2, 0.25) is 0 Å². The number of aliphatic carboxylic acids is 3. The van der Waals surface area contributed by atoms with Crippen LogP contribution in [0.25, 0.3) is 0 Å². The van der Waals surface area contributed by atoms with Crippen molar-refractivity contribution in [3.63, 3.8) is 0 Å². The van der Waals surface area contributed by atoms with Crippen molar-refractivity contribution in [3.05, 3.63) is 12.2 Å². The molecule has 0 aliphatic heterocycles. The Morgan fingerprint density at radius 3 is 1.38 bits per heavy atom. The topological polar surface area (TPSA) is 124 Å². The van der Waals surface area contributed by atoms with Crippen LogP contribution in [0, 0.1) is 0 Å². The Balaban J connectivity index is -0.000000200. The van der Waals surface area contributed by atoms with Gasteiger partial charge in [-0.2, -0.15) is 0 Å². The van der Waals surface area contributed by atoms with Gasteiger partial charge in [-0.25, -0.2) is 0 Å². The summed E-state index contributed by atoms with van der Waals surface area (Å²) in [6.07, 6.45) is 0.769. The molecule has 0 atom stereocenters. The van der Waals surface area contributed by atoms with E-state index in [1.54, 1.807) is 14.1 Å². The molecule has 0 heterocycles. The molecule has 0 saturated heterocycles. The van der Waals surface area contributed by atoms with E-state index in [2.05, 4.69) is 0 Å². The Bertz CT molecular complexity index is 247. The number of carboxylic acid groups (broad SMARTS) is 3. The van der Waals surface area contributed by atoms with Gasteiger partial charge in [-0.1, -0.05) is 0 Å². The molecule has 0 aliphatic rings. The smallest absolute Gasteiger partial charge is 0.0643 e. The Hall–Kier alpha value is -1.37. The third-order valence-electron chi connectivity index (χ3n) is 0.801. The van der Waals surface area contributed by atoms with Crippen LogP contribution < -0.4 is 15.3 Å². The van der Waals surface area contributed by atoms with Crippen LogP contribution in [0.1, 0.15) is 0 Å². The van der Waals surface area contributed by atoms with Crippen molar-refractivity contribution in [3.8, 4) is 0 Å². The Morgan fingerprint density at radius 1 is 1.00 bits per heavy atom. The van der Waals surface area contributed by atoms with Gasteiger partial charge in [0.25, 0.3) is 0 Å². The molecular formula is C8H10CuNO6-3. The average molecular weight is 280 g/mol. The van der Waals surface area contributed by atoms with Gasteiger partial charge in [0.05, 0.1) is 17.9 Å². The monoisotopic (exact) mass is 279 g/mol. The molecule has 7 nitrogen and oxygen atoms in total. The average Bonchev–Trinajstić information content (AvgIpc) is 1.99. The molecule has 16 heavy (non-hydrogen) atoms. The van der Waals surface area contributed by atoms with E-state index in [-0.39, 0.29) is 23.6 Å². The molecule has 0 aromatic rings. The SMILES string of the molecule is CN(C)CC(=O)[O-].O=C([O-])/C=C/C(=O)[O-].[Cu]. The molecule has 0 saturated carbocycles. The van der Waals surface area contributed by atoms with Crippen LogP contribution in [0.5, 0.6) is 0 Å². The van der Waals surface area contributed by atoms with Crippen LogP contribution in [0.4, 0.5) is 0 Å². The Labute approximate surface area is 103 Å². The van der Waals surface area contributed by atoms with Gasteiger partial charge in [-0.05, 0) is 26.2 Å². The molecule has 0 fully saturated rings. The summed E-state index contributed by atoms with van der Waals surface area (Å²) >= 11 is 0. The summed E-state index contributed by atoms with van der Waals surface area (Å²) in [7, 11) is 3.35. The van der Waals surface area contributed by atoms with E-state index in [1.807, 2.05) is 0 Å². The van der Waals surface area contributed by atoms with Crippen molar-refractivity contribution < 1.29 is 46.8 Å². The van der Waals surface area contributed by atoms with Gasteiger partial charge in [0, 0.05) is 23.6 Å². The molecule has 0 spiro atoms. The number of hydrogen-bond donors (Lipinski definition) is 0. The number of rotatable bonds is 4. The molecule has 1 radical (unpaired) electrons. The van der Waals surface area contributed by atoms with Crippen molar-refractivity contribution in [2.45, 2.75) is 0 Å². The fourth-order valence-electron chi connectivity index (χ4n) is 0.394. The summed E-state index contributed by atoms with van der Waals surface area (Å²) in [6, 6.07) is 0. The molecule has 0 aromatic heterocycles. The Morgan fingerprint density at radius 2 is 1.31 bits per heavy atom. The fourth-order valence-corrected chi connectivity index (χ4v) is 0.394. The molecule has 0 unspecified atom stereocenters. The van der Waals surface area contributed by atoms with E-state index in [4.69, 9.17) is 0 Å². The molecule has 0 amide bonds. The van der Waals surface area contributed by atoms with Crippen LogP contribution in [0.3, 0.4) is 0 Å². The second-order valence-electron chi connectivity index (χ2n) is 2.58. The standard InChI is InChI=1S/C4H9NO2.C4H4O4.Cu/c1-5(2)3-4(6)7;5-3(6)1-2-4(7)8;/h3H2,1-2H3,(H,6,7);1-2H,(H,5,6)(H,7,8);/p-3/b;2-1+;. The van der Waals surface area contributed by atoms with E-state index in [0.29, 0.717) is 12.2 Å². The minimum atomic E-state index is -1.55. The van der Waals surface area contributed by atoms with Gasteiger partial charge in [0.15, 0.2) is 0 Å². The molecular weight excluding hydrogens is 270 g/mol. The number of hydrogen-bond acceptors (Lipinski definition) is 7. The van der Waals surface area contributed by atoms with E-state index in [9.17, 15) is 29.7 Å². The summed E-state index contributed by atoms with van der Waals surface area (Å²) in [4.78, 5) is 30.0. The zero-order valence-electron chi connectivity index (χ0n) is 8.56. The number of carboxylic acids is 3. The minimum absolute atomic E-state index is 0. The van der Waals surface area contributed by atoms with Gasteiger partial charge in [0.1, 0.15) is 0 Å². The zero-order chi connectivity index (χ0) is 12.4. The number of carbonyl (C=O) groups excluding carboxylic acids is 3. The maximum absolute atomic E-state index is 9.66. The van der Waals surface area contributed by atoms with E-state index < -0.39 is 17.9 Å². The molecule has 0 aliphatic carbocycles. The molecule has 97 valence electrons. The van der Waals surface area contributed by atoms with Crippen molar-refractivity contribution in [1.82, 2.24) is 4.90 Å². The molecule has 0 N–H and O–H groups in total. The first kappa shape index (κ1) is 20.1. The maximum Gasteiger partial charge on any atom is 0.0643 e. The number of nitrogens with zero attached hydrogens (tertiary/aromatic N) is 1. The fraction of sp³-hybridized carbons (Fsp3) is 0.375. The summed E-state index contributed by atoms with van der Waals surface area (Å²) in [5.74, 6) is -4.13. The molecule has 8 heteroatoms. The minimum Gasteiger partial charge on any atom is -0.549 e. The predicted molar refractivity (Wildman–Crippen MR) is 42.7 cm³/mol. The van der Waals surface area contributed by atoms with E-state index in [0.717, 1.165) is 0 Å². The van der Waals surface area contributed by atoms with Crippen molar-refractivity contribution in [2.75, 3.05) is 20.6 Å². The first-order valence-electron chi connectivity index (χ1n) is 3.70. The number of likely N-dealkylation sites (N-methyl/N-ethyl adjacent to an activating group) is 1. The summed E-state index contributed by atoms with van der Waals surface area (Å²) in [6.45, 7) is 0. The summed E-state index contributed by atoms with van der Waals surface area (Å²) in [5, 5.41) is 28.5. The van der Waals surface area contributed by atoms with E-state index in [1.165, 1.54) is 4.90 Å². The van der Waals surface area contributed by atoms with Crippen molar-refractivity contribution >= 4 is 17.9 Å². The summed E-state index contributed by atoms with van der Waals surface area (Å²) in [5.41, 5.74) is 0. The van der Waals surface area contributed by atoms with Gasteiger partial charge in [-0.15, -0.1) is 0 Å². The van der Waals surface area contributed by atoms with Crippen LogP contribution in [0.15, 0.2) is 12.2 Å². The molecule has 0 aromatic carbocycles. The molecule has 0 rings (SSSR count). The largest absolute Gasteiger partial charge is 0.549 e. The maximum atomic E-state index is 9.66. The third-order valence-corrected chi connectivity index (χ3v) is 0.801. The van der Waals surface area contributed by atoms with Crippen LogP contribution in [-0.4, -0.2) is 43.4 Å². The van der Waals surface area contributed by atoms with Gasteiger partial charge < -0.3 is 34.6 Å². The van der Waals surface area contributed by atoms with Crippen molar-refractivity contribution in [1.29, 1.82) is 0 Å². The second kappa shape index (κ2) is 11.7. The van der Waals surface area contributed by atoms with Gasteiger partial charge >= 0.3 is 0 Å². The van der Waals surface area contributed by atoms with Crippen LogP contribution >= 0.6 is 0 Å². The van der Waals surface area contributed by atoms with Gasteiger partial charge in [0.2, 0.25) is 0 Å². The number of carbonyl (C=O) groups is 3. The molecule has 0 bridgehead atoms. The Kier molecular flexibility index (Phi) is 14.7. The quantitative estimate of drug-likeness (QED) is 0.374. The van der Waals surface area contributed by atoms with E-state index >= 15 is 0 Å². The van der Waals surface area contributed by atoms with Crippen molar-refractivity contribution in [2.24, 2.45) is 0 Å². The summed E-state index contributed by atoms with van der Waals surface area (Å²) < 4.78 is 0. The van der Waals surface area contributed by atoms with Crippen LogP contribution in [-0.2, 0) is 31.5 Å². The van der Waals surface area contributed by atoms with Gasteiger partial charge in [-0.3, -0.25) is 0 Å². The normalized spacial score (nSPS) is 8.94. The third kappa shape index (κ3) is 29.3. The zero-order valence-corrected chi connectivity index (χ0v) is 9.50. The first-order chi connectivity index (χ1) is 6.75. The second-order valence-corrected chi connectivity index (χ2v) is 2.58. The predicted octanol–water partition coefficient (Wildman–Crippen LogP) is -4.66. The first-order valence-corrected chi connectivity index (χ1v) is 3.70.